The van der Waals surface area contributed by atoms with Gasteiger partial charge in [-0.05, 0) is 41.5 Å². The van der Waals surface area contributed by atoms with E-state index in [-0.39, 0.29) is 24.0 Å². The average molecular weight is 353 g/mol. The molecule has 1 N–H and O–H groups in total. The van der Waals surface area contributed by atoms with Crippen molar-refractivity contribution in [3.05, 3.63) is 29.8 Å². The maximum absolute atomic E-state index is 11.2. The van der Waals surface area contributed by atoms with E-state index < -0.39 is 5.97 Å². The molecule has 0 spiro atoms. The SMILES string of the molecule is CC1(C)C(C=C(Br)c2ccc3c(c2)OCO3)CC1C(=O)O. The Kier molecular flexibility index (Phi) is 3.48. The van der Waals surface area contributed by atoms with Crippen LogP contribution < -0.4 is 9.47 Å². The Balaban J connectivity index is 1.80. The van der Waals surface area contributed by atoms with Gasteiger partial charge in [-0.3, -0.25) is 4.79 Å². The smallest absolute Gasteiger partial charge is 0.307 e. The first kappa shape index (κ1) is 14.4. The molecule has 0 saturated heterocycles. The van der Waals surface area contributed by atoms with Gasteiger partial charge >= 0.3 is 5.97 Å². The van der Waals surface area contributed by atoms with E-state index in [2.05, 4.69) is 22.0 Å². The van der Waals surface area contributed by atoms with Crippen LogP contribution in [0.3, 0.4) is 0 Å². The average Bonchev–Trinajstić information content (AvgIpc) is 2.89. The third-order valence-corrected chi connectivity index (χ3v) is 5.36. The van der Waals surface area contributed by atoms with Crippen LogP contribution in [0.4, 0.5) is 0 Å². The van der Waals surface area contributed by atoms with Crippen molar-refractivity contribution in [3.63, 3.8) is 0 Å². The number of halogens is 1. The monoisotopic (exact) mass is 352 g/mol. The van der Waals surface area contributed by atoms with Crippen LogP contribution in [0.2, 0.25) is 0 Å². The van der Waals surface area contributed by atoms with Crippen molar-refractivity contribution in [2.45, 2.75) is 20.3 Å². The summed E-state index contributed by atoms with van der Waals surface area (Å²) in [6.07, 6.45) is 2.79. The summed E-state index contributed by atoms with van der Waals surface area (Å²) < 4.78 is 11.6. The Morgan fingerprint density at radius 1 is 1.38 bits per heavy atom. The number of carboxylic acid groups (broad SMARTS) is 1. The summed E-state index contributed by atoms with van der Waals surface area (Å²) in [5.74, 6) is 0.779. The summed E-state index contributed by atoms with van der Waals surface area (Å²) in [5, 5.41) is 9.18. The van der Waals surface area contributed by atoms with Crippen LogP contribution in [0, 0.1) is 17.3 Å². The topological polar surface area (TPSA) is 55.8 Å². The molecule has 0 aromatic heterocycles. The molecule has 1 aromatic carbocycles. The second kappa shape index (κ2) is 5.05. The van der Waals surface area contributed by atoms with Gasteiger partial charge in [-0.25, -0.2) is 0 Å². The Hall–Kier alpha value is -1.49. The highest BCUT2D eigenvalue weighted by molar-refractivity contribution is 9.15. The molecule has 3 rings (SSSR count). The predicted molar refractivity (Wildman–Crippen MR) is 82.5 cm³/mol. The molecule has 1 aromatic rings. The van der Waals surface area contributed by atoms with Crippen LogP contribution in [-0.2, 0) is 4.79 Å². The van der Waals surface area contributed by atoms with Crippen LogP contribution in [-0.4, -0.2) is 17.9 Å². The molecule has 1 aliphatic heterocycles. The first-order chi connectivity index (χ1) is 9.89. The third-order valence-electron chi connectivity index (χ3n) is 4.64. The molecule has 1 fully saturated rings. The van der Waals surface area contributed by atoms with Crippen molar-refractivity contribution in [2.75, 3.05) is 6.79 Å². The number of rotatable bonds is 3. The van der Waals surface area contributed by atoms with Crippen molar-refractivity contribution in [2.24, 2.45) is 17.3 Å². The number of ether oxygens (including phenoxy) is 2. The molecule has 112 valence electrons. The lowest BCUT2D eigenvalue weighted by Crippen LogP contribution is -2.47. The van der Waals surface area contributed by atoms with E-state index >= 15 is 0 Å². The summed E-state index contributed by atoms with van der Waals surface area (Å²) >= 11 is 3.60. The van der Waals surface area contributed by atoms with Gasteiger partial charge in [0.25, 0.3) is 0 Å². The van der Waals surface area contributed by atoms with Crippen LogP contribution >= 0.6 is 15.9 Å². The molecule has 0 amide bonds. The summed E-state index contributed by atoms with van der Waals surface area (Å²) in [6, 6.07) is 5.79. The first-order valence-corrected chi connectivity index (χ1v) is 7.69. The van der Waals surface area contributed by atoms with Crippen LogP contribution in [0.5, 0.6) is 11.5 Å². The normalized spacial score (nSPS) is 26.3. The maximum Gasteiger partial charge on any atom is 0.307 e. The van der Waals surface area contributed by atoms with E-state index in [1.54, 1.807) is 0 Å². The van der Waals surface area contributed by atoms with Crippen LogP contribution in [0.1, 0.15) is 25.8 Å². The Bertz CT molecular complexity index is 621. The Labute approximate surface area is 131 Å². The Morgan fingerprint density at radius 2 is 2.10 bits per heavy atom. The second-order valence-corrected chi connectivity index (χ2v) is 6.99. The lowest BCUT2D eigenvalue weighted by molar-refractivity contribution is -0.156. The van der Waals surface area contributed by atoms with Crippen LogP contribution in [0.25, 0.3) is 4.48 Å². The molecule has 2 atom stereocenters. The molecule has 1 heterocycles. The molecule has 0 radical (unpaired) electrons. The minimum absolute atomic E-state index is 0.221. The maximum atomic E-state index is 11.2. The van der Waals surface area contributed by atoms with E-state index in [9.17, 15) is 9.90 Å². The predicted octanol–water partition coefficient (Wildman–Crippen LogP) is 3.90. The van der Waals surface area contributed by atoms with E-state index in [0.717, 1.165) is 21.5 Å². The van der Waals surface area contributed by atoms with Crippen molar-refractivity contribution < 1.29 is 19.4 Å². The second-order valence-electron chi connectivity index (χ2n) is 6.14. The van der Waals surface area contributed by atoms with Crippen molar-refractivity contribution in [1.82, 2.24) is 0 Å². The van der Waals surface area contributed by atoms with Gasteiger partial charge < -0.3 is 14.6 Å². The van der Waals surface area contributed by atoms with Gasteiger partial charge in [0.2, 0.25) is 6.79 Å². The first-order valence-electron chi connectivity index (χ1n) is 6.89. The summed E-state index contributed by atoms with van der Waals surface area (Å²) in [5.41, 5.74) is 0.787. The third kappa shape index (κ3) is 2.44. The molecule has 21 heavy (non-hydrogen) atoms. The highest BCUT2D eigenvalue weighted by Crippen LogP contribution is 2.53. The van der Waals surface area contributed by atoms with E-state index in [0.29, 0.717) is 6.42 Å². The lowest BCUT2D eigenvalue weighted by atomic mass is 9.54. The standard InChI is InChI=1S/C16H17BrO4/c1-16(2)10(6-11(16)15(18)19)7-12(17)9-3-4-13-14(5-9)21-8-20-13/h3-5,7,10-11H,6,8H2,1-2H3,(H,18,19). The molecule has 2 aliphatic rings. The van der Waals surface area contributed by atoms with Gasteiger partial charge in [0.1, 0.15) is 0 Å². The molecule has 1 aliphatic carbocycles. The number of hydrogen-bond acceptors (Lipinski definition) is 3. The highest BCUT2D eigenvalue weighted by Gasteiger charge is 2.50. The fourth-order valence-electron chi connectivity index (χ4n) is 2.98. The van der Waals surface area contributed by atoms with Gasteiger partial charge in [0.05, 0.1) is 5.92 Å². The van der Waals surface area contributed by atoms with E-state index in [4.69, 9.17) is 9.47 Å². The molecular weight excluding hydrogens is 336 g/mol. The van der Waals surface area contributed by atoms with Gasteiger partial charge in [-0.2, -0.15) is 0 Å². The number of aliphatic carboxylic acids is 1. The van der Waals surface area contributed by atoms with Crippen molar-refractivity contribution in [3.8, 4) is 11.5 Å². The largest absolute Gasteiger partial charge is 0.481 e. The minimum atomic E-state index is -0.705. The number of fused-ring (bicyclic) bond motifs is 1. The zero-order valence-electron chi connectivity index (χ0n) is 11.9. The number of allylic oxidation sites excluding steroid dienone is 1. The Morgan fingerprint density at radius 3 is 2.76 bits per heavy atom. The quantitative estimate of drug-likeness (QED) is 0.896. The zero-order valence-corrected chi connectivity index (χ0v) is 13.5. The molecular formula is C16H17BrO4. The summed E-state index contributed by atoms with van der Waals surface area (Å²) in [4.78, 5) is 11.2. The lowest BCUT2D eigenvalue weighted by Gasteiger charge is -2.48. The molecule has 1 saturated carbocycles. The number of carbonyl (C=O) groups is 1. The number of benzene rings is 1. The van der Waals surface area contributed by atoms with Crippen LogP contribution in [0.15, 0.2) is 24.3 Å². The number of carboxylic acids is 1. The van der Waals surface area contributed by atoms with Gasteiger partial charge in [0.15, 0.2) is 11.5 Å². The molecule has 0 bridgehead atoms. The molecule has 2 unspecified atom stereocenters. The molecule has 4 nitrogen and oxygen atoms in total. The fraction of sp³-hybridized carbons (Fsp3) is 0.438. The summed E-state index contributed by atoms with van der Waals surface area (Å²) in [7, 11) is 0. The van der Waals surface area contributed by atoms with Crippen molar-refractivity contribution in [1.29, 1.82) is 0 Å². The number of hydrogen-bond donors (Lipinski definition) is 1. The fourth-order valence-corrected chi connectivity index (χ4v) is 3.54. The molecule has 5 heteroatoms. The van der Waals surface area contributed by atoms with E-state index in [1.165, 1.54) is 0 Å². The zero-order chi connectivity index (χ0) is 15.2. The van der Waals surface area contributed by atoms with E-state index in [1.807, 2.05) is 32.0 Å². The van der Waals surface area contributed by atoms with Gasteiger partial charge in [-0.1, -0.05) is 35.9 Å². The minimum Gasteiger partial charge on any atom is -0.481 e. The van der Waals surface area contributed by atoms with Crippen molar-refractivity contribution >= 4 is 26.4 Å². The highest BCUT2D eigenvalue weighted by atomic mass is 79.9. The van der Waals surface area contributed by atoms with Gasteiger partial charge in [-0.15, -0.1) is 0 Å². The van der Waals surface area contributed by atoms with Gasteiger partial charge in [0, 0.05) is 4.48 Å². The summed E-state index contributed by atoms with van der Waals surface area (Å²) in [6.45, 7) is 4.28.